The van der Waals surface area contributed by atoms with E-state index in [4.69, 9.17) is 11.6 Å². The number of anilines is 2. The molecule has 0 bridgehead atoms. The zero-order valence-electron chi connectivity index (χ0n) is 13.8. The van der Waals surface area contributed by atoms with E-state index in [-0.39, 0.29) is 5.91 Å². The molecule has 1 amide bonds. The molecule has 1 aromatic carbocycles. The van der Waals surface area contributed by atoms with Crippen molar-refractivity contribution in [1.29, 1.82) is 0 Å². The van der Waals surface area contributed by atoms with Crippen LogP contribution in [0.5, 0.6) is 0 Å². The SMILES string of the molecule is Cc1nnc(NC(=O)CN2CCN(c3cc(Cl)ccc3C)CC2)s1. The van der Waals surface area contributed by atoms with Crippen molar-refractivity contribution in [2.24, 2.45) is 0 Å². The van der Waals surface area contributed by atoms with E-state index in [0.29, 0.717) is 11.7 Å². The smallest absolute Gasteiger partial charge is 0.240 e. The van der Waals surface area contributed by atoms with Crippen LogP contribution in [0.2, 0.25) is 5.02 Å². The molecule has 1 N–H and O–H groups in total. The van der Waals surface area contributed by atoms with Crippen LogP contribution in [0.4, 0.5) is 10.8 Å². The lowest BCUT2D eigenvalue weighted by Crippen LogP contribution is -2.48. The average molecular weight is 366 g/mol. The second kappa shape index (κ2) is 7.46. The van der Waals surface area contributed by atoms with Gasteiger partial charge in [0.1, 0.15) is 5.01 Å². The molecule has 2 aromatic rings. The summed E-state index contributed by atoms with van der Waals surface area (Å²) in [6, 6.07) is 5.97. The Morgan fingerprint density at radius 3 is 2.67 bits per heavy atom. The number of piperazine rings is 1. The fourth-order valence-electron chi connectivity index (χ4n) is 2.78. The van der Waals surface area contributed by atoms with E-state index in [0.717, 1.165) is 36.2 Å². The van der Waals surface area contributed by atoms with Gasteiger partial charge in [-0.25, -0.2) is 0 Å². The average Bonchev–Trinajstić information content (AvgIpc) is 2.95. The van der Waals surface area contributed by atoms with E-state index < -0.39 is 0 Å². The zero-order chi connectivity index (χ0) is 17.1. The first kappa shape index (κ1) is 17.1. The summed E-state index contributed by atoms with van der Waals surface area (Å²) in [5.41, 5.74) is 2.40. The second-order valence-electron chi connectivity index (χ2n) is 5.87. The fraction of sp³-hybridized carbons (Fsp3) is 0.438. The van der Waals surface area contributed by atoms with Gasteiger partial charge in [-0.1, -0.05) is 29.0 Å². The predicted octanol–water partition coefficient (Wildman–Crippen LogP) is 2.57. The van der Waals surface area contributed by atoms with Crippen molar-refractivity contribution in [2.75, 3.05) is 42.9 Å². The third-order valence-electron chi connectivity index (χ3n) is 4.02. The Labute approximate surface area is 150 Å². The summed E-state index contributed by atoms with van der Waals surface area (Å²) in [5, 5.41) is 12.8. The van der Waals surface area contributed by atoms with E-state index in [9.17, 15) is 4.79 Å². The maximum atomic E-state index is 12.1. The summed E-state index contributed by atoms with van der Waals surface area (Å²) in [4.78, 5) is 16.6. The van der Waals surface area contributed by atoms with E-state index in [2.05, 4.69) is 32.2 Å². The van der Waals surface area contributed by atoms with Crippen molar-refractivity contribution >= 4 is 39.7 Å². The van der Waals surface area contributed by atoms with Crippen molar-refractivity contribution in [2.45, 2.75) is 13.8 Å². The molecule has 1 saturated heterocycles. The monoisotopic (exact) mass is 365 g/mol. The number of benzene rings is 1. The Morgan fingerprint density at radius 2 is 2.00 bits per heavy atom. The third-order valence-corrected chi connectivity index (χ3v) is 5.01. The van der Waals surface area contributed by atoms with Crippen molar-refractivity contribution in [3.8, 4) is 0 Å². The molecule has 6 nitrogen and oxygen atoms in total. The number of aryl methyl sites for hydroxylation is 2. The van der Waals surface area contributed by atoms with Gasteiger partial charge < -0.3 is 4.90 Å². The molecule has 1 aliphatic heterocycles. The molecule has 0 unspecified atom stereocenters. The highest BCUT2D eigenvalue weighted by Crippen LogP contribution is 2.25. The van der Waals surface area contributed by atoms with Gasteiger partial charge in [-0.05, 0) is 31.5 Å². The minimum absolute atomic E-state index is 0.0430. The molecular weight excluding hydrogens is 346 g/mol. The van der Waals surface area contributed by atoms with Gasteiger partial charge in [0.05, 0.1) is 6.54 Å². The van der Waals surface area contributed by atoms with Crippen LogP contribution in [0, 0.1) is 13.8 Å². The number of carbonyl (C=O) groups is 1. The van der Waals surface area contributed by atoms with Gasteiger partial charge in [-0.15, -0.1) is 10.2 Å². The highest BCUT2D eigenvalue weighted by molar-refractivity contribution is 7.15. The number of nitrogens with one attached hydrogen (secondary N) is 1. The highest BCUT2D eigenvalue weighted by Gasteiger charge is 2.20. The van der Waals surface area contributed by atoms with Gasteiger partial charge in [-0.3, -0.25) is 15.0 Å². The first-order chi connectivity index (χ1) is 11.5. The molecule has 0 atom stereocenters. The zero-order valence-corrected chi connectivity index (χ0v) is 15.3. The Kier molecular flexibility index (Phi) is 5.33. The molecule has 1 fully saturated rings. The molecule has 0 radical (unpaired) electrons. The Morgan fingerprint density at radius 1 is 1.25 bits per heavy atom. The maximum absolute atomic E-state index is 12.1. The molecule has 2 heterocycles. The van der Waals surface area contributed by atoms with Crippen LogP contribution in [-0.4, -0.2) is 53.7 Å². The molecular formula is C16H20ClN5OS. The summed E-state index contributed by atoms with van der Waals surface area (Å²) in [7, 11) is 0. The number of nitrogens with zero attached hydrogens (tertiary/aromatic N) is 4. The second-order valence-corrected chi connectivity index (χ2v) is 7.49. The predicted molar refractivity (Wildman–Crippen MR) is 98.1 cm³/mol. The van der Waals surface area contributed by atoms with E-state index >= 15 is 0 Å². The van der Waals surface area contributed by atoms with Crippen LogP contribution in [0.25, 0.3) is 0 Å². The number of hydrogen-bond acceptors (Lipinski definition) is 6. The Hall–Kier alpha value is -1.70. The molecule has 128 valence electrons. The van der Waals surface area contributed by atoms with Crippen LogP contribution in [0.1, 0.15) is 10.6 Å². The van der Waals surface area contributed by atoms with E-state index in [1.807, 2.05) is 25.1 Å². The highest BCUT2D eigenvalue weighted by atomic mass is 35.5. The molecule has 3 rings (SSSR count). The largest absolute Gasteiger partial charge is 0.369 e. The minimum atomic E-state index is -0.0430. The number of rotatable bonds is 4. The van der Waals surface area contributed by atoms with Crippen LogP contribution >= 0.6 is 22.9 Å². The summed E-state index contributed by atoms with van der Waals surface area (Å²) >= 11 is 7.50. The van der Waals surface area contributed by atoms with Gasteiger partial charge in [0.15, 0.2) is 0 Å². The van der Waals surface area contributed by atoms with Gasteiger partial charge in [0.2, 0.25) is 11.0 Å². The number of carbonyl (C=O) groups excluding carboxylic acids is 1. The van der Waals surface area contributed by atoms with Crippen molar-refractivity contribution in [3.63, 3.8) is 0 Å². The van der Waals surface area contributed by atoms with Gasteiger partial charge >= 0.3 is 0 Å². The van der Waals surface area contributed by atoms with Crippen LogP contribution in [0.3, 0.4) is 0 Å². The summed E-state index contributed by atoms with van der Waals surface area (Å²) < 4.78 is 0. The van der Waals surface area contributed by atoms with Crippen molar-refractivity contribution in [1.82, 2.24) is 15.1 Å². The van der Waals surface area contributed by atoms with Gasteiger partial charge in [0.25, 0.3) is 0 Å². The molecule has 0 saturated carbocycles. The fourth-order valence-corrected chi connectivity index (χ4v) is 3.55. The quantitative estimate of drug-likeness (QED) is 0.902. The topological polar surface area (TPSA) is 61.4 Å². The maximum Gasteiger partial charge on any atom is 0.240 e. The molecule has 24 heavy (non-hydrogen) atoms. The third kappa shape index (κ3) is 4.23. The summed E-state index contributed by atoms with van der Waals surface area (Å²) in [6.07, 6.45) is 0. The van der Waals surface area contributed by atoms with Crippen LogP contribution in [-0.2, 0) is 4.79 Å². The first-order valence-corrected chi connectivity index (χ1v) is 9.04. The Bertz CT molecular complexity index is 727. The van der Waals surface area contributed by atoms with Crippen LogP contribution < -0.4 is 10.2 Å². The number of amides is 1. The number of halogens is 1. The van der Waals surface area contributed by atoms with Crippen molar-refractivity contribution < 1.29 is 4.79 Å². The molecule has 0 spiro atoms. The van der Waals surface area contributed by atoms with Gasteiger partial charge in [-0.2, -0.15) is 0 Å². The molecule has 1 aliphatic rings. The summed E-state index contributed by atoms with van der Waals surface area (Å²) in [6.45, 7) is 7.78. The first-order valence-electron chi connectivity index (χ1n) is 7.84. The minimum Gasteiger partial charge on any atom is -0.369 e. The summed E-state index contributed by atoms with van der Waals surface area (Å²) in [5.74, 6) is -0.0430. The molecule has 8 heteroatoms. The standard InChI is InChI=1S/C16H20ClN5OS/c1-11-3-4-13(17)9-14(11)22-7-5-21(6-8-22)10-15(23)18-16-20-19-12(2)24-16/h3-4,9H,5-8,10H2,1-2H3,(H,18,20,23). The van der Waals surface area contributed by atoms with Gasteiger partial charge in [0, 0.05) is 36.9 Å². The molecule has 1 aromatic heterocycles. The number of aromatic nitrogens is 2. The lowest BCUT2D eigenvalue weighted by molar-refractivity contribution is -0.117. The van der Waals surface area contributed by atoms with E-state index in [1.54, 1.807) is 0 Å². The lowest BCUT2D eigenvalue weighted by atomic mass is 10.1. The lowest BCUT2D eigenvalue weighted by Gasteiger charge is -2.36. The molecule has 0 aliphatic carbocycles. The van der Waals surface area contributed by atoms with E-state index in [1.165, 1.54) is 22.6 Å². The number of hydrogen-bond donors (Lipinski definition) is 1. The van der Waals surface area contributed by atoms with Crippen molar-refractivity contribution in [3.05, 3.63) is 33.8 Å². The van der Waals surface area contributed by atoms with Crippen LogP contribution in [0.15, 0.2) is 18.2 Å². The Balaban J connectivity index is 1.51. The normalized spacial score (nSPS) is 15.5.